The van der Waals surface area contributed by atoms with E-state index in [0.717, 1.165) is 5.56 Å². The Morgan fingerprint density at radius 3 is 2.17 bits per heavy atom. The zero-order chi connectivity index (χ0) is 21.1. The molecule has 4 amide bonds. The van der Waals surface area contributed by atoms with Crippen molar-refractivity contribution < 1.29 is 19.2 Å². The Morgan fingerprint density at radius 1 is 1.00 bits per heavy atom. The zero-order valence-electron chi connectivity index (χ0n) is 16.1. The maximum absolute atomic E-state index is 12.6. The lowest BCUT2D eigenvalue weighted by Crippen LogP contribution is -2.28. The van der Waals surface area contributed by atoms with E-state index in [9.17, 15) is 19.2 Å². The van der Waals surface area contributed by atoms with E-state index in [0.29, 0.717) is 21.8 Å². The van der Waals surface area contributed by atoms with Crippen molar-refractivity contribution in [3.63, 3.8) is 0 Å². The third kappa shape index (κ3) is 4.63. The molecule has 1 N–H and O–H groups in total. The highest BCUT2D eigenvalue weighted by molar-refractivity contribution is 6.34. The minimum absolute atomic E-state index is 0.182. The van der Waals surface area contributed by atoms with Gasteiger partial charge in [0.05, 0.1) is 17.3 Å². The number of imide groups is 1. The van der Waals surface area contributed by atoms with Crippen molar-refractivity contribution in [2.75, 3.05) is 19.4 Å². The van der Waals surface area contributed by atoms with Crippen molar-refractivity contribution in [2.24, 2.45) is 0 Å². The van der Waals surface area contributed by atoms with Crippen LogP contribution in [0.15, 0.2) is 42.5 Å². The van der Waals surface area contributed by atoms with Gasteiger partial charge in [0.1, 0.15) is 0 Å². The Labute approximate surface area is 173 Å². The van der Waals surface area contributed by atoms with Gasteiger partial charge >= 0.3 is 0 Å². The van der Waals surface area contributed by atoms with Crippen molar-refractivity contribution in [2.45, 2.75) is 19.4 Å². The molecule has 150 valence electrons. The van der Waals surface area contributed by atoms with Gasteiger partial charge in [-0.2, -0.15) is 0 Å². The van der Waals surface area contributed by atoms with E-state index in [2.05, 4.69) is 5.32 Å². The molecule has 1 aliphatic heterocycles. The summed E-state index contributed by atoms with van der Waals surface area (Å²) in [7, 11) is 3.28. The van der Waals surface area contributed by atoms with Crippen molar-refractivity contribution >= 4 is 40.9 Å². The van der Waals surface area contributed by atoms with E-state index < -0.39 is 0 Å². The number of likely N-dealkylation sites (tertiary alicyclic amines) is 1. The zero-order valence-corrected chi connectivity index (χ0v) is 16.8. The van der Waals surface area contributed by atoms with Gasteiger partial charge in [0.15, 0.2) is 0 Å². The smallest absolute Gasteiger partial charge is 0.255 e. The third-order valence-electron chi connectivity index (χ3n) is 4.58. The molecule has 7 nitrogen and oxygen atoms in total. The lowest BCUT2D eigenvalue weighted by Gasteiger charge is -2.14. The molecule has 0 unspecified atom stereocenters. The van der Waals surface area contributed by atoms with Crippen LogP contribution in [-0.4, -0.2) is 47.5 Å². The van der Waals surface area contributed by atoms with Gasteiger partial charge in [-0.25, -0.2) is 0 Å². The van der Waals surface area contributed by atoms with Crippen LogP contribution in [-0.2, 0) is 16.1 Å². The van der Waals surface area contributed by atoms with E-state index in [-0.39, 0.29) is 43.0 Å². The van der Waals surface area contributed by atoms with Gasteiger partial charge in [0, 0.05) is 38.1 Å². The standard InChI is InChI=1S/C21H20ClN3O4/c1-24(2)21(29)15-7-8-16(22)17(11-15)23-20(28)14-5-3-13(4-6-14)12-25-18(26)9-10-19(25)27/h3-8,11H,9-10,12H2,1-2H3,(H,23,28). The van der Waals surface area contributed by atoms with Gasteiger partial charge in [-0.3, -0.25) is 24.1 Å². The number of nitrogens with one attached hydrogen (secondary N) is 1. The number of amides is 4. The van der Waals surface area contributed by atoms with Gasteiger partial charge in [0.25, 0.3) is 11.8 Å². The van der Waals surface area contributed by atoms with Crippen LogP contribution in [0, 0.1) is 0 Å². The molecule has 0 bridgehead atoms. The molecule has 0 radical (unpaired) electrons. The molecule has 0 aliphatic carbocycles. The fourth-order valence-electron chi connectivity index (χ4n) is 2.95. The van der Waals surface area contributed by atoms with Crippen LogP contribution in [0.25, 0.3) is 0 Å². The quantitative estimate of drug-likeness (QED) is 0.763. The Morgan fingerprint density at radius 2 is 1.59 bits per heavy atom. The molecule has 3 rings (SSSR count). The number of carbonyl (C=O) groups excluding carboxylic acids is 4. The summed E-state index contributed by atoms with van der Waals surface area (Å²) in [6.45, 7) is 0.195. The maximum atomic E-state index is 12.6. The number of benzene rings is 2. The number of hydrogen-bond donors (Lipinski definition) is 1. The number of carbonyl (C=O) groups is 4. The predicted octanol–water partition coefficient (Wildman–Crippen LogP) is 2.94. The van der Waals surface area contributed by atoms with Gasteiger partial charge in [-0.15, -0.1) is 0 Å². The highest BCUT2D eigenvalue weighted by Crippen LogP contribution is 2.24. The van der Waals surface area contributed by atoms with E-state index in [1.54, 1.807) is 50.5 Å². The van der Waals surface area contributed by atoms with E-state index >= 15 is 0 Å². The van der Waals surface area contributed by atoms with Crippen LogP contribution in [0.2, 0.25) is 5.02 Å². The fraction of sp³-hybridized carbons (Fsp3) is 0.238. The van der Waals surface area contributed by atoms with Crippen LogP contribution in [0.1, 0.15) is 39.1 Å². The summed E-state index contributed by atoms with van der Waals surface area (Å²) < 4.78 is 0. The van der Waals surface area contributed by atoms with Gasteiger partial charge in [0.2, 0.25) is 11.8 Å². The van der Waals surface area contributed by atoms with Crippen LogP contribution >= 0.6 is 11.6 Å². The summed E-state index contributed by atoms with van der Waals surface area (Å²) in [6, 6.07) is 11.3. The average molecular weight is 414 g/mol. The molecule has 29 heavy (non-hydrogen) atoms. The second-order valence-corrected chi connectivity index (χ2v) is 7.33. The molecule has 0 saturated carbocycles. The highest BCUT2D eigenvalue weighted by atomic mass is 35.5. The van der Waals surface area contributed by atoms with E-state index in [4.69, 9.17) is 11.6 Å². The average Bonchev–Trinajstić information content (AvgIpc) is 3.01. The SMILES string of the molecule is CN(C)C(=O)c1ccc(Cl)c(NC(=O)c2ccc(CN3C(=O)CCC3=O)cc2)c1. The van der Waals surface area contributed by atoms with Crippen molar-refractivity contribution in [1.29, 1.82) is 0 Å². The van der Waals surface area contributed by atoms with Gasteiger partial charge in [-0.05, 0) is 35.9 Å². The first kappa shape index (κ1) is 20.5. The molecule has 0 atom stereocenters. The van der Waals surface area contributed by atoms with Crippen LogP contribution in [0.5, 0.6) is 0 Å². The summed E-state index contributed by atoms with van der Waals surface area (Å²) in [5.74, 6) is -0.953. The maximum Gasteiger partial charge on any atom is 0.255 e. The Hall–Kier alpha value is -3.19. The van der Waals surface area contributed by atoms with E-state index in [1.165, 1.54) is 15.9 Å². The molecule has 8 heteroatoms. The van der Waals surface area contributed by atoms with Gasteiger partial charge < -0.3 is 10.2 Å². The van der Waals surface area contributed by atoms with Crippen LogP contribution in [0.4, 0.5) is 5.69 Å². The summed E-state index contributed by atoms with van der Waals surface area (Å²) >= 11 is 6.15. The lowest BCUT2D eigenvalue weighted by molar-refractivity contribution is -0.139. The fourth-order valence-corrected chi connectivity index (χ4v) is 3.11. The van der Waals surface area contributed by atoms with E-state index in [1.807, 2.05) is 0 Å². The van der Waals surface area contributed by atoms with Crippen molar-refractivity contribution in [3.8, 4) is 0 Å². The Bertz CT molecular complexity index is 970. The number of hydrogen-bond acceptors (Lipinski definition) is 4. The van der Waals surface area contributed by atoms with Crippen LogP contribution < -0.4 is 5.32 Å². The summed E-state index contributed by atoms with van der Waals surface area (Å²) in [6.07, 6.45) is 0.491. The summed E-state index contributed by atoms with van der Waals surface area (Å²) in [5.41, 5.74) is 1.88. The minimum atomic E-state index is -0.388. The predicted molar refractivity (Wildman–Crippen MR) is 109 cm³/mol. The molecular weight excluding hydrogens is 394 g/mol. The van der Waals surface area contributed by atoms with Crippen LogP contribution in [0.3, 0.4) is 0 Å². The summed E-state index contributed by atoms with van der Waals surface area (Å²) in [4.78, 5) is 50.8. The third-order valence-corrected chi connectivity index (χ3v) is 4.91. The molecule has 0 aromatic heterocycles. The topological polar surface area (TPSA) is 86.8 Å². The second kappa shape index (κ2) is 8.45. The number of rotatable bonds is 5. The molecule has 2 aromatic carbocycles. The van der Waals surface area contributed by atoms with Gasteiger partial charge in [-0.1, -0.05) is 23.7 Å². The lowest BCUT2D eigenvalue weighted by atomic mass is 10.1. The summed E-state index contributed by atoms with van der Waals surface area (Å²) in [5, 5.41) is 3.02. The first-order valence-corrected chi connectivity index (χ1v) is 9.38. The minimum Gasteiger partial charge on any atom is -0.345 e. The molecule has 1 heterocycles. The Balaban J connectivity index is 1.71. The largest absolute Gasteiger partial charge is 0.345 e. The molecular formula is C21H20ClN3O4. The normalized spacial score (nSPS) is 13.6. The molecule has 1 fully saturated rings. The second-order valence-electron chi connectivity index (χ2n) is 6.92. The molecule has 0 spiro atoms. The number of halogens is 1. The first-order chi connectivity index (χ1) is 13.8. The molecule has 1 saturated heterocycles. The Kier molecular flexibility index (Phi) is 5.98. The number of anilines is 1. The van der Waals surface area contributed by atoms with Crippen molar-refractivity contribution in [3.05, 3.63) is 64.2 Å². The number of nitrogens with zero attached hydrogens (tertiary/aromatic N) is 2. The first-order valence-electron chi connectivity index (χ1n) is 9.01. The molecule has 2 aromatic rings. The highest BCUT2D eigenvalue weighted by Gasteiger charge is 2.28. The molecule has 1 aliphatic rings. The van der Waals surface area contributed by atoms with Crippen molar-refractivity contribution in [1.82, 2.24) is 9.80 Å². The monoisotopic (exact) mass is 413 g/mol.